The molecule has 0 bridgehead atoms. The largest absolute Gasteiger partial charge is 0.494 e. The molecule has 0 saturated carbocycles. The summed E-state index contributed by atoms with van der Waals surface area (Å²) in [7, 11) is 0. The number of rotatable bonds is 9. The lowest BCUT2D eigenvalue weighted by atomic mass is 10.0. The van der Waals surface area contributed by atoms with Crippen LogP contribution in [0.1, 0.15) is 18.9 Å². The minimum absolute atomic E-state index is 0.327. The zero-order valence-corrected chi connectivity index (χ0v) is 11.3. The van der Waals surface area contributed by atoms with Gasteiger partial charge in [0.15, 0.2) is 0 Å². The van der Waals surface area contributed by atoms with Crippen LogP contribution >= 0.6 is 0 Å². The summed E-state index contributed by atoms with van der Waals surface area (Å²) in [5.74, 6) is 0.795. The minimum atomic E-state index is -1.06. The Morgan fingerprint density at radius 1 is 1.16 bits per heavy atom. The quantitative estimate of drug-likeness (QED) is 0.518. The predicted octanol–water partition coefficient (Wildman–Crippen LogP) is 0.281. The maximum absolute atomic E-state index is 9.22. The Hall–Kier alpha value is -1.14. The predicted molar refractivity (Wildman–Crippen MR) is 73.1 cm³/mol. The van der Waals surface area contributed by atoms with Gasteiger partial charge in [-0.2, -0.15) is 0 Å². The third-order valence-electron chi connectivity index (χ3n) is 2.95. The molecule has 0 atom stereocenters. The molecule has 1 aromatic rings. The van der Waals surface area contributed by atoms with Gasteiger partial charge in [-0.1, -0.05) is 19.1 Å². The highest BCUT2D eigenvalue weighted by molar-refractivity contribution is 5.28. The zero-order chi connectivity index (χ0) is 14.1. The van der Waals surface area contributed by atoms with Crippen LogP contribution in [0.2, 0.25) is 0 Å². The van der Waals surface area contributed by atoms with Crippen molar-refractivity contribution in [3.05, 3.63) is 29.8 Å². The van der Waals surface area contributed by atoms with E-state index in [9.17, 15) is 15.3 Å². The first-order chi connectivity index (χ1) is 9.19. The van der Waals surface area contributed by atoms with Crippen molar-refractivity contribution < 1.29 is 20.1 Å². The molecule has 108 valence electrons. The average Bonchev–Trinajstić information content (AvgIpc) is 2.47. The maximum atomic E-state index is 9.22. The molecule has 0 saturated heterocycles. The molecule has 19 heavy (non-hydrogen) atoms. The first-order valence-corrected chi connectivity index (χ1v) is 6.49. The van der Waals surface area contributed by atoms with Gasteiger partial charge in [0.1, 0.15) is 5.75 Å². The van der Waals surface area contributed by atoms with Gasteiger partial charge in [-0.15, -0.1) is 0 Å². The summed E-state index contributed by atoms with van der Waals surface area (Å²) >= 11 is 0. The number of hydrogen-bond acceptors (Lipinski definition) is 5. The Balaban J connectivity index is 2.61. The van der Waals surface area contributed by atoms with Gasteiger partial charge < -0.3 is 25.4 Å². The molecule has 1 aromatic carbocycles. The lowest BCUT2D eigenvalue weighted by molar-refractivity contribution is 0.0414. The third-order valence-corrected chi connectivity index (χ3v) is 2.95. The second kappa shape index (κ2) is 8.12. The van der Waals surface area contributed by atoms with E-state index in [-0.39, 0.29) is 19.8 Å². The SMILES string of the molecule is CCCOc1cccc(CNC(CO)(CO)CO)c1. The fourth-order valence-corrected chi connectivity index (χ4v) is 1.57. The van der Waals surface area contributed by atoms with Crippen LogP contribution in [0.3, 0.4) is 0 Å². The van der Waals surface area contributed by atoms with Gasteiger partial charge in [-0.3, -0.25) is 0 Å². The fourth-order valence-electron chi connectivity index (χ4n) is 1.57. The Labute approximate surface area is 113 Å². The second-order valence-corrected chi connectivity index (χ2v) is 4.60. The van der Waals surface area contributed by atoms with E-state index in [4.69, 9.17) is 4.74 Å². The lowest BCUT2D eigenvalue weighted by Gasteiger charge is -2.28. The van der Waals surface area contributed by atoms with Gasteiger partial charge >= 0.3 is 0 Å². The molecule has 0 fully saturated rings. The van der Waals surface area contributed by atoms with E-state index in [1.54, 1.807) is 0 Å². The van der Waals surface area contributed by atoms with Crippen molar-refractivity contribution in [3.8, 4) is 5.75 Å². The molecule has 4 N–H and O–H groups in total. The van der Waals surface area contributed by atoms with E-state index in [1.165, 1.54) is 0 Å². The Kier molecular flexibility index (Phi) is 6.80. The highest BCUT2D eigenvalue weighted by Crippen LogP contribution is 2.14. The highest BCUT2D eigenvalue weighted by atomic mass is 16.5. The number of aliphatic hydroxyl groups excluding tert-OH is 3. The summed E-state index contributed by atoms with van der Waals surface area (Å²) in [4.78, 5) is 0. The molecule has 0 aliphatic heterocycles. The zero-order valence-electron chi connectivity index (χ0n) is 11.3. The van der Waals surface area contributed by atoms with E-state index in [0.29, 0.717) is 13.2 Å². The van der Waals surface area contributed by atoms with Gasteiger partial charge in [0.25, 0.3) is 0 Å². The summed E-state index contributed by atoms with van der Waals surface area (Å²) in [5, 5.41) is 30.6. The number of aliphatic hydroxyl groups is 3. The van der Waals surface area contributed by atoms with E-state index in [0.717, 1.165) is 17.7 Å². The normalized spacial score (nSPS) is 11.6. The van der Waals surface area contributed by atoms with Gasteiger partial charge in [-0.05, 0) is 24.1 Å². The van der Waals surface area contributed by atoms with Crippen LogP contribution in [0, 0.1) is 0 Å². The molecule has 0 unspecified atom stereocenters. The number of ether oxygens (including phenoxy) is 1. The van der Waals surface area contributed by atoms with Crippen LogP contribution in [0.5, 0.6) is 5.75 Å². The molecule has 0 amide bonds. The minimum Gasteiger partial charge on any atom is -0.494 e. The highest BCUT2D eigenvalue weighted by Gasteiger charge is 2.26. The standard InChI is InChI=1S/C14H23NO4/c1-2-6-19-13-5-3-4-12(7-13)8-15-14(9-16,10-17)11-18/h3-5,7,15-18H,2,6,8-11H2,1H3. The number of hydrogen-bond donors (Lipinski definition) is 4. The van der Waals surface area contributed by atoms with Gasteiger partial charge in [-0.25, -0.2) is 0 Å². The average molecular weight is 269 g/mol. The summed E-state index contributed by atoms with van der Waals surface area (Å²) < 4.78 is 5.53. The Morgan fingerprint density at radius 3 is 2.42 bits per heavy atom. The molecule has 5 heteroatoms. The molecular weight excluding hydrogens is 246 g/mol. The first kappa shape index (κ1) is 15.9. The van der Waals surface area contributed by atoms with E-state index in [2.05, 4.69) is 5.32 Å². The van der Waals surface area contributed by atoms with Gasteiger partial charge in [0, 0.05) is 6.54 Å². The van der Waals surface area contributed by atoms with Crippen molar-refractivity contribution in [3.63, 3.8) is 0 Å². The van der Waals surface area contributed by atoms with Crippen LogP contribution in [0.25, 0.3) is 0 Å². The van der Waals surface area contributed by atoms with Crippen molar-refractivity contribution in [1.29, 1.82) is 0 Å². The Bertz CT molecular complexity index is 358. The summed E-state index contributed by atoms with van der Waals surface area (Å²) in [6.45, 7) is 2.17. The molecule has 5 nitrogen and oxygen atoms in total. The molecule has 0 aliphatic rings. The Morgan fingerprint density at radius 2 is 1.84 bits per heavy atom. The van der Waals surface area contributed by atoms with Crippen LogP contribution in [0.15, 0.2) is 24.3 Å². The lowest BCUT2D eigenvalue weighted by Crippen LogP contribution is -2.54. The smallest absolute Gasteiger partial charge is 0.119 e. The van der Waals surface area contributed by atoms with Crippen LogP contribution in [-0.4, -0.2) is 47.3 Å². The molecule has 0 heterocycles. The second-order valence-electron chi connectivity index (χ2n) is 4.60. The van der Waals surface area contributed by atoms with Crippen molar-refractivity contribution in [2.45, 2.75) is 25.4 Å². The molecular formula is C14H23NO4. The van der Waals surface area contributed by atoms with Crippen LogP contribution in [-0.2, 0) is 6.54 Å². The first-order valence-electron chi connectivity index (χ1n) is 6.49. The number of benzene rings is 1. The van der Waals surface area contributed by atoms with Crippen molar-refractivity contribution in [2.75, 3.05) is 26.4 Å². The van der Waals surface area contributed by atoms with E-state index >= 15 is 0 Å². The van der Waals surface area contributed by atoms with Crippen LogP contribution in [0.4, 0.5) is 0 Å². The third kappa shape index (κ3) is 4.80. The molecule has 0 radical (unpaired) electrons. The molecule has 0 spiro atoms. The topological polar surface area (TPSA) is 82.0 Å². The fraction of sp³-hybridized carbons (Fsp3) is 0.571. The molecule has 1 rings (SSSR count). The van der Waals surface area contributed by atoms with E-state index in [1.807, 2.05) is 31.2 Å². The van der Waals surface area contributed by atoms with E-state index < -0.39 is 5.54 Å². The molecule has 0 aromatic heterocycles. The summed E-state index contributed by atoms with van der Waals surface area (Å²) in [5.41, 5.74) is -0.0892. The molecule has 0 aliphatic carbocycles. The monoisotopic (exact) mass is 269 g/mol. The van der Waals surface area contributed by atoms with Gasteiger partial charge in [0.2, 0.25) is 0 Å². The summed E-state index contributed by atoms with van der Waals surface area (Å²) in [6, 6.07) is 7.60. The van der Waals surface area contributed by atoms with Crippen molar-refractivity contribution >= 4 is 0 Å². The summed E-state index contributed by atoms with van der Waals surface area (Å²) in [6.07, 6.45) is 0.950. The number of nitrogens with one attached hydrogen (secondary N) is 1. The maximum Gasteiger partial charge on any atom is 0.119 e. The van der Waals surface area contributed by atoms with Crippen molar-refractivity contribution in [1.82, 2.24) is 5.32 Å². The van der Waals surface area contributed by atoms with Crippen molar-refractivity contribution in [2.24, 2.45) is 0 Å². The van der Waals surface area contributed by atoms with Gasteiger partial charge in [0.05, 0.1) is 32.0 Å². The van der Waals surface area contributed by atoms with Crippen LogP contribution < -0.4 is 10.1 Å².